The fourth-order valence-corrected chi connectivity index (χ4v) is 5.20. The van der Waals surface area contributed by atoms with E-state index >= 15 is 0 Å². The van der Waals surface area contributed by atoms with Gasteiger partial charge in [-0.3, -0.25) is 9.59 Å². The lowest BCUT2D eigenvalue weighted by Crippen LogP contribution is -2.36. The normalized spacial score (nSPS) is 18.2. The molecule has 0 spiro atoms. The fraction of sp³-hybridized carbons (Fsp3) is 0.923. The van der Waals surface area contributed by atoms with Crippen molar-refractivity contribution in [3.8, 4) is 0 Å². The molecule has 0 saturated heterocycles. The minimum Gasteiger partial charge on any atom is -0.356 e. The van der Waals surface area contributed by atoms with Gasteiger partial charge in [0.05, 0.1) is 0 Å². The summed E-state index contributed by atoms with van der Waals surface area (Å²) >= 11 is 0. The summed E-state index contributed by atoms with van der Waals surface area (Å²) in [5.74, 6) is 0.358. The third-order valence-corrected chi connectivity index (χ3v) is 7.53. The molecule has 0 radical (unpaired) electrons. The molecule has 6 heteroatoms. The molecule has 2 aliphatic carbocycles. The maximum Gasteiger partial charge on any atom is 0.221 e. The first-order chi connectivity index (χ1) is 15.6. The van der Waals surface area contributed by atoms with Gasteiger partial charge in [-0.05, 0) is 52.6 Å². The van der Waals surface area contributed by atoms with Crippen LogP contribution in [0.15, 0.2) is 0 Å². The monoisotopic (exact) mass is 450 g/mol. The van der Waals surface area contributed by atoms with E-state index in [0.29, 0.717) is 24.9 Å². The third-order valence-electron chi connectivity index (χ3n) is 7.53. The Kier molecular flexibility index (Phi) is 14.0. The minimum atomic E-state index is 0.179. The number of carbonyl (C=O) groups is 2. The van der Waals surface area contributed by atoms with Crippen LogP contribution in [0.5, 0.6) is 0 Å². The third kappa shape index (κ3) is 11.6. The largest absolute Gasteiger partial charge is 0.356 e. The first-order valence-electron chi connectivity index (χ1n) is 13.5. The van der Waals surface area contributed by atoms with Gasteiger partial charge in [0.25, 0.3) is 0 Å². The summed E-state index contributed by atoms with van der Waals surface area (Å²) in [7, 11) is 4.33. The Balaban J connectivity index is 1.37. The number of amides is 2. The van der Waals surface area contributed by atoms with Crippen LogP contribution in [0.25, 0.3) is 0 Å². The van der Waals surface area contributed by atoms with Crippen LogP contribution in [-0.4, -0.2) is 74.0 Å². The molecule has 0 atom stereocenters. The number of rotatable bonds is 15. The number of nitrogens with zero attached hydrogens (tertiary/aromatic N) is 2. The molecular formula is C26H50N4O2. The van der Waals surface area contributed by atoms with Gasteiger partial charge in [0.15, 0.2) is 0 Å². The topological polar surface area (TPSA) is 64.7 Å². The molecule has 0 aromatic rings. The van der Waals surface area contributed by atoms with Crippen molar-refractivity contribution in [2.75, 3.05) is 40.3 Å². The molecule has 0 bridgehead atoms. The second-order valence-electron chi connectivity index (χ2n) is 10.2. The zero-order valence-electron chi connectivity index (χ0n) is 21.0. The van der Waals surface area contributed by atoms with E-state index in [0.717, 1.165) is 51.9 Å². The minimum absolute atomic E-state index is 0.179. The molecule has 32 heavy (non-hydrogen) atoms. The number of carbonyl (C=O) groups excluding carboxylic acids is 2. The summed E-state index contributed by atoms with van der Waals surface area (Å²) in [6.45, 7) is 3.27. The molecule has 2 fully saturated rings. The van der Waals surface area contributed by atoms with E-state index in [1.807, 2.05) is 0 Å². The number of unbranched alkanes of at least 4 members (excludes halogenated alkanes) is 3. The number of hydrogen-bond donors (Lipinski definition) is 2. The highest BCUT2D eigenvalue weighted by atomic mass is 16.2. The Morgan fingerprint density at radius 1 is 0.625 bits per heavy atom. The lowest BCUT2D eigenvalue weighted by atomic mass is 9.94. The van der Waals surface area contributed by atoms with Crippen molar-refractivity contribution < 1.29 is 9.59 Å². The Labute approximate surface area is 197 Å². The van der Waals surface area contributed by atoms with Crippen LogP contribution in [0.4, 0.5) is 0 Å². The molecule has 0 unspecified atom stereocenters. The van der Waals surface area contributed by atoms with Gasteiger partial charge < -0.3 is 20.4 Å². The lowest BCUT2D eigenvalue weighted by Gasteiger charge is -2.30. The molecule has 186 valence electrons. The molecule has 2 saturated carbocycles. The summed E-state index contributed by atoms with van der Waals surface area (Å²) in [4.78, 5) is 28.9. The van der Waals surface area contributed by atoms with E-state index in [9.17, 15) is 9.59 Å². The first kappa shape index (κ1) is 27.1. The molecule has 0 heterocycles. The van der Waals surface area contributed by atoms with Crippen LogP contribution in [0.2, 0.25) is 0 Å². The van der Waals surface area contributed by atoms with Crippen molar-refractivity contribution in [1.29, 1.82) is 0 Å². The Morgan fingerprint density at radius 3 is 1.38 bits per heavy atom. The van der Waals surface area contributed by atoms with Crippen molar-refractivity contribution in [2.45, 2.75) is 115 Å². The van der Waals surface area contributed by atoms with Gasteiger partial charge >= 0.3 is 0 Å². The lowest BCUT2D eigenvalue weighted by molar-refractivity contribution is -0.122. The highest BCUT2D eigenvalue weighted by Gasteiger charge is 2.19. The van der Waals surface area contributed by atoms with Crippen LogP contribution in [-0.2, 0) is 9.59 Å². The molecular weight excluding hydrogens is 400 g/mol. The SMILES string of the molecule is CN(CCC(=O)NCCCCCCNC(=O)CCN(C)C1CCCCC1)C1CCCCC1. The fourth-order valence-electron chi connectivity index (χ4n) is 5.20. The Hall–Kier alpha value is -1.14. The smallest absolute Gasteiger partial charge is 0.221 e. The summed E-state index contributed by atoms with van der Waals surface area (Å²) in [6, 6.07) is 1.35. The molecule has 2 aliphatic rings. The van der Waals surface area contributed by atoms with Gasteiger partial charge in [-0.2, -0.15) is 0 Å². The average molecular weight is 451 g/mol. The van der Waals surface area contributed by atoms with Crippen LogP contribution >= 0.6 is 0 Å². The Bertz CT molecular complexity index is 470. The maximum absolute atomic E-state index is 12.1. The van der Waals surface area contributed by atoms with Crippen LogP contribution in [0, 0.1) is 0 Å². The van der Waals surface area contributed by atoms with Gasteiger partial charge in [-0.1, -0.05) is 51.4 Å². The molecule has 2 amide bonds. The van der Waals surface area contributed by atoms with Crippen LogP contribution < -0.4 is 10.6 Å². The van der Waals surface area contributed by atoms with Gasteiger partial charge in [0.2, 0.25) is 11.8 Å². The van der Waals surface area contributed by atoms with Crippen molar-refractivity contribution in [2.24, 2.45) is 0 Å². The first-order valence-corrected chi connectivity index (χ1v) is 13.5. The van der Waals surface area contributed by atoms with Gasteiger partial charge in [0, 0.05) is 51.1 Å². The van der Waals surface area contributed by atoms with Crippen LogP contribution in [0.1, 0.15) is 103 Å². The molecule has 6 nitrogen and oxygen atoms in total. The van der Waals surface area contributed by atoms with Gasteiger partial charge in [0.1, 0.15) is 0 Å². The molecule has 0 aliphatic heterocycles. The molecule has 2 N–H and O–H groups in total. The summed E-state index contributed by atoms with van der Waals surface area (Å²) in [6.07, 6.45) is 18.7. The van der Waals surface area contributed by atoms with Crippen molar-refractivity contribution in [3.05, 3.63) is 0 Å². The zero-order chi connectivity index (χ0) is 23.0. The summed E-state index contributed by atoms with van der Waals surface area (Å²) < 4.78 is 0. The quantitative estimate of drug-likeness (QED) is 0.369. The number of nitrogens with one attached hydrogen (secondary N) is 2. The maximum atomic E-state index is 12.1. The summed E-state index contributed by atoms with van der Waals surface area (Å²) in [5.41, 5.74) is 0. The van der Waals surface area contributed by atoms with E-state index in [2.05, 4.69) is 34.5 Å². The predicted molar refractivity (Wildman–Crippen MR) is 133 cm³/mol. The van der Waals surface area contributed by atoms with Crippen molar-refractivity contribution in [3.63, 3.8) is 0 Å². The highest BCUT2D eigenvalue weighted by molar-refractivity contribution is 5.76. The molecule has 2 rings (SSSR count). The molecule has 0 aromatic heterocycles. The van der Waals surface area contributed by atoms with E-state index in [4.69, 9.17) is 0 Å². The zero-order valence-corrected chi connectivity index (χ0v) is 21.0. The average Bonchev–Trinajstić information content (AvgIpc) is 2.83. The number of hydrogen-bond acceptors (Lipinski definition) is 4. The summed E-state index contributed by atoms with van der Waals surface area (Å²) in [5, 5.41) is 6.13. The van der Waals surface area contributed by atoms with Crippen LogP contribution in [0.3, 0.4) is 0 Å². The van der Waals surface area contributed by atoms with E-state index < -0.39 is 0 Å². The molecule has 0 aromatic carbocycles. The standard InChI is InChI=1S/C26H50N4O2/c1-29(23-13-7-5-8-14-23)21-17-25(31)27-19-11-3-4-12-20-28-26(32)18-22-30(2)24-15-9-6-10-16-24/h23-24H,3-22H2,1-2H3,(H,27,31)(H,28,32). The van der Waals surface area contributed by atoms with Crippen molar-refractivity contribution in [1.82, 2.24) is 20.4 Å². The van der Waals surface area contributed by atoms with E-state index in [1.54, 1.807) is 0 Å². The highest BCUT2D eigenvalue weighted by Crippen LogP contribution is 2.22. The van der Waals surface area contributed by atoms with Gasteiger partial charge in [-0.15, -0.1) is 0 Å². The van der Waals surface area contributed by atoms with Crippen molar-refractivity contribution >= 4 is 11.8 Å². The predicted octanol–water partition coefficient (Wildman–Crippen LogP) is 4.09. The van der Waals surface area contributed by atoms with E-state index in [-0.39, 0.29) is 11.8 Å². The Morgan fingerprint density at radius 2 is 1.00 bits per heavy atom. The second-order valence-corrected chi connectivity index (χ2v) is 10.2. The second kappa shape index (κ2) is 16.5. The van der Waals surface area contributed by atoms with Gasteiger partial charge in [-0.25, -0.2) is 0 Å². The van der Waals surface area contributed by atoms with E-state index in [1.165, 1.54) is 64.2 Å².